The molecule has 0 unspecified atom stereocenters. The van der Waals surface area contributed by atoms with Gasteiger partial charge in [-0.15, -0.1) is 0 Å². The number of aryl methyl sites for hydroxylation is 1. The molecule has 2 aliphatic carbocycles. The molecule has 2 aromatic rings. The predicted octanol–water partition coefficient (Wildman–Crippen LogP) is 3.32. The van der Waals surface area contributed by atoms with E-state index in [1.54, 1.807) is 12.3 Å². The van der Waals surface area contributed by atoms with Crippen LogP contribution in [0.2, 0.25) is 0 Å². The van der Waals surface area contributed by atoms with E-state index in [0.29, 0.717) is 49.6 Å². The van der Waals surface area contributed by atoms with E-state index in [1.807, 2.05) is 31.3 Å². The van der Waals surface area contributed by atoms with Gasteiger partial charge in [0, 0.05) is 48.4 Å². The number of morpholine rings is 1. The van der Waals surface area contributed by atoms with E-state index in [-0.39, 0.29) is 11.6 Å². The number of oxazole rings is 1. The predicted molar refractivity (Wildman–Crippen MR) is 132 cm³/mol. The van der Waals surface area contributed by atoms with Gasteiger partial charge in [0.1, 0.15) is 6.26 Å². The topological polar surface area (TPSA) is 116 Å². The van der Waals surface area contributed by atoms with Gasteiger partial charge in [0.05, 0.1) is 30.3 Å². The summed E-state index contributed by atoms with van der Waals surface area (Å²) >= 11 is 0. The Morgan fingerprint density at radius 1 is 1.23 bits per heavy atom. The molecule has 0 spiro atoms. The summed E-state index contributed by atoms with van der Waals surface area (Å²) in [4.78, 5) is 23.9. The Kier molecular flexibility index (Phi) is 6.76. The second-order valence-corrected chi connectivity index (χ2v) is 9.03. The monoisotopic (exact) mass is 474 g/mol. The smallest absolute Gasteiger partial charge is 0.277 e. The highest BCUT2D eigenvalue weighted by Crippen LogP contribution is 2.25. The molecular formula is C26H30N6O3. The summed E-state index contributed by atoms with van der Waals surface area (Å²) in [5.41, 5.74) is 4.37. The zero-order valence-electron chi connectivity index (χ0n) is 19.8. The van der Waals surface area contributed by atoms with E-state index >= 15 is 0 Å². The first-order valence-corrected chi connectivity index (χ1v) is 12.1. The molecular weight excluding hydrogens is 444 g/mol. The average Bonchev–Trinajstić information content (AvgIpc) is 3.57. The van der Waals surface area contributed by atoms with Crippen molar-refractivity contribution in [3.63, 3.8) is 0 Å². The van der Waals surface area contributed by atoms with Gasteiger partial charge in [0.25, 0.3) is 5.91 Å². The average molecular weight is 475 g/mol. The Morgan fingerprint density at radius 2 is 2.03 bits per heavy atom. The fraction of sp³-hybridized carbons (Fsp3) is 0.385. The van der Waals surface area contributed by atoms with Crippen LogP contribution in [0.25, 0.3) is 11.5 Å². The second-order valence-electron chi connectivity index (χ2n) is 9.03. The minimum atomic E-state index is -0.368. The first kappa shape index (κ1) is 23.0. The number of nitrogens with zero attached hydrogens (tertiary/aromatic N) is 3. The maximum Gasteiger partial charge on any atom is 0.277 e. The third-order valence-electron chi connectivity index (χ3n) is 6.48. The van der Waals surface area contributed by atoms with Crippen molar-refractivity contribution >= 4 is 11.6 Å². The van der Waals surface area contributed by atoms with Crippen molar-refractivity contribution in [1.82, 2.24) is 25.5 Å². The molecule has 3 aliphatic rings. The van der Waals surface area contributed by atoms with Crippen molar-refractivity contribution in [3.05, 3.63) is 71.3 Å². The van der Waals surface area contributed by atoms with E-state index in [2.05, 4.69) is 25.5 Å². The number of carbonyl (C=O) groups is 1. The van der Waals surface area contributed by atoms with Gasteiger partial charge in [-0.3, -0.25) is 9.78 Å². The van der Waals surface area contributed by atoms with Crippen molar-refractivity contribution < 1.29 is 13.9 Å². The minimum Gasteiger partial charge on any atom is -0.444 e. The van der Waals surface area contributed by atoms with Crippen molar-refractivity contribution in [2.75, 3.05) is 26.3 Å². The molecule has 1 aliphatic heterocycles. The molecule has 1 saturated carbocycles. The van der Waals surface area contributed by atoms with Gasteiger partial charge in [-0.1, -0.05) is 12.8 Å². The van der Waals surface area contributed by atoms with E-state index in [0.717, 1.165) is 35.4 Å². The number of hydrogen-bond acceptors (Lipinski definition) is 8. The van der Waals surface area contributed by atoms with Crippen LogP contribution in [-0.2, 0) is 4.74 Å². The SMILES string of the molecule is Cc1cc(-c2nc(C(=O)NC3=C/C(=C/NC4CCCC4)C(=N)C=C3N3CCOCC3)co2)ccn1. The Morgan fingerprint density at radius 3 is 2.80 bits per heavy atom. The Hall–Kier alpha value is -3.72. The number of amides is 1. The maximum atomic E-state index is 13.2. The lowest BCUT2D eigenvalue weighted by molar-refractivity contribution is 0.0543. The molecule has 1 saturated heterocycles. The molecule has 2 fully saturated rings. The highest BCUT2D eigenvalue weighted by Gasteiger charge is 2.25. The standard InChI is InChI=1S/C26H30N6O3/c1-17-12-18(6-7-28-17)26-31-23(16-35-26)25(33)30-22-13-19(15-29-20-4-2-3-5-20)21(27)14-24(22)32-8-10-34-11-9-32/h6-7,12-16,20,27,29H,2-5,8-11H2,1H3,(H,30,33)/b19-15-,27-21?. The van der Waals surface area contributed by atoms with E-state index in [1.165, 1.54) is 19.1 Å². The van der Waals surface area contributed by atoms with Crippen LogP contribution in [-0.4, -0.2) is 58.8 Å². The molecule has 3 heterocycles. The lowest BCUT2D eigenvalue weighted by Gasteiger charge is -2.33. The van der Waals surface area contributed by atoms with Gasteiger partial charge in [-0.2, -0.15) is 0 Å². The number of aromatic nitrogens is 2. The summed E-state index contributed by atoms with van der Waals surface area (Å²) in [7, 11) is 0. The second kappa shape index (κ2) is 10.3. The Labute approximate surface area is 204 Å². The van der Waals surface area contributed by atoms with Crippen LogP contribution in [0.4, 0.5) is 0 Å². The normalized spacial score (nSPS) is 20.1. The highest BCUT2D eigenvalue weighted by atomic mass is 16.5. The molecule has 182 valence electrons. The van der Waals surface area contributed by atoms with Gasteiger partial charge in [-0.25, -0.2) is 4.98 Å². The fourth-order valence-corrected chi connectivity index (χ4v) is 4.57. The van der Waals surface area contributed by atoms with Crippen LogP contribution < -0.4 is 10.6 Å². The molecule has 0 radical (unpaired) electrons. The lowest BCUT2D eigenvalue weighted by atomic mass is 10.0. The Balaban J connectivity index is 1.38. The number of rotatable bonds is 6. The quantitative estimate of drug-likeness (QED) is 0.588. The number of nitrogens with one attached hydrogen (secondary N) is 3. The molecule has 35 heavy (non-hydrogen) atoms. The van der Waals surface area contributed by atoms with Gasteiger partial charge in [0.15, 0.2) is 5.69 Å². The summed E-state index contributed by atoms with van der Waals surface area (Å²) in [5, 5.41) is 15.0. The van der Waals surface area contributed by atoms with E-state index < -0.39 is 0 Å². The van der Waals surface area contributed by atoms with Gasteiger partial charge in [-0.05, 0) is 44.1 Å². The highest BCUT2D eigenvalue weighted by molar-refractivity contribution is 6.10. The molecule has 9 nitrogen and oxygen atoms in total. The molecule has 0 aromatic carbocycles. The number of carbonyl (C=O) groups excluding carboxylic acids is 1. The van der Waals surface area contributed by atoms with E-state index in [4.69, 9.17) is 14.6 Å². The van der Waals surface area contributed by atoms with Crippen molar-refractivity contribution in [2.24, 2.45) is 0 Å². The van der Waals surface area contributed by atoms with E-state index in [9.17, 15) is 4.79 Å². The molecule has 1 amide bonds. The van der Waals surface area contributed by atoms with Gasteiger partial charge in [0.2, 0.25) is 5.89 Å². The minimum absolute atomic E-state index is 0.187. The number of allylic oxidation sites excluding steroid dienone is 3. The zero-order chi connectivity index (χ0) is 24.2. The van der Waals surface area contributed by atoms with Crippen LogP contribution >= 0.6 is 0 Å². The maximum absolute atomic E-state index is 13.2. The zero-order valence-corrected chi connectivity index (χ0v) is 19.8. The first-order valence-electron chi connectivity index (χ1n) is 12.1. The van der Waals surface area contributed by atoms with Crippen molar-refractivity contribution in [3.8, 4) is 11.5 Å². The molecule has 3 N–H and O–H groups in total. The summed E-state index contributed by atoms with van der Waals surface area (Å²) in [6, 6.07) is 4.09. The summed E-state index contributed by atoms with van der Waals surface area (Å²) in [5.74, 6) is -0.00179. The van der Waals surface area contributed by atoms with Crippen LogP contribution in [0.15, 0.2) is 64.3 Å². The van der Waals surface area contributed by atoms with Crippen molar-refractivity contribution in [2.45, 2.75) is 38.6 Å². The molecule has 9 heteroatoms. The first-order chi connectivity index (χ1) is 17.1. The van der Waals surface area contributed by atoms with Crippen LogP contribution in [0.3, 0.4) is 0 Å². The van der Waals surface area contributed by atoms with Crippen LogP contribution in [0.1, 0.15) is 41.9 Å². The Bertz CT molecular complexity index is 1200. The van der Waals surface area contributed by atoms with Gasteiger partial charge < -0.3 is 30.1 Å². The molecule has 0 atom stereocenters. The third kappa shape index (κ3) is 5.35. The third-order valence-corrected chi connectivity index (χ3v) is 6.48. The molecule has 0 bridgehead atoms. The van der Waals surface area contributed by atoms with Crippen LogP contribution in [0, 0.1) is 12.3 Å². The largest absolute Gasteiger partial charge is 0.444 e. The summed E-state index contributed by atoms with van der Waals surface area (Å²) in [6.45, 7) is 4.49. The fourth-order valence-electron chi connectivity index (χ4n) is 4.57. The number of ether oxygens (including phenoxy) is 1. The van der Waals surface area contributed by atoms with Gasteiger partial charge >= 0.3 is 0 Å². The van der Waals surface area contributed by atoms with Crippen molar-refractivity contribution in [1.29, 1.82) is 5.41 Å². The molecule has 5 rings (SSSR count). The molecule has 2 aromatic heterocycles. The number of hydrogen-bond donors (Lipinski definition) is 3. The summed E-state index contributed by atoms with van der Waals surface area (Å²) in [6.07, 6.45) is 13.4. The summed E-state index contributed by atoms with van der Waals surface area (Å²) < 4.78 is 11.1. The number of pyridine rings is 1. The van der Waals surface area contributed by atoms with Crippen LogP contribution in [0.5, 0.6) is 0 Å². The lowest BCUT2D eigenvalue weighted by Crippen LogP contribution is -2.40.